The number of carboxylic acids is 1. The molecule has 14 heavy (non-hydrogen) atoms. The minimum atomic E-state index is -0.687. The summed E-state index contributed by atoms with van der Waals surface area (Å²) in [6.07, 6.45) is 1.31. The highest BCUT2D eigenvalue weighted by Crippen LogP contribution is 2.13. The van der Waals surface area contributed by atoms with E-state index in [1.165, 1.54) is 0 Å². The Bertz CT molecular complexity index is 176. The Morgan fingerprint density at radius 1 is 1.43 bits per heavy atom. The van der Waals surface area contributed by atoms with Gasteiger partial charge in [0.2, 0.25) is 0 Å². The average Bonchev–Trinajstić information content (AvgIpc) is 1.79. The lowest BCUT2D eigenvalue weighted by atomic mass is 9.96. The first-order valence-electron chi connectivity index (χ1n) is 4.55. The molecule has 0 radical (unpaired) electrons. The second-order valence-electron chi connectivity index (χ2n) is 3.77. The van der Waals surface area contributed by atoms with E-state index in [-0.39, 0.29) is 0 Å². The zero-order valence-corrected chi connectivity index (χ0v) is 9.19. The average molecular weight is 205 g/mol. The van der Waals surface area contributed by atoms with E-state index >= 15 is 0 Å². The second kappa shape index (κ2) is 8.47. The molecule has 0 fully saturated rings. The van der Waals surface area contributed by atoms with Gasteiger partial charge in [-0.15, -0.1) is 0 Å². The van der Waals surface area contributed by atoms with Crippen molar-refractivity contribution in [3.63, 3.8) is 0 Å². The number of nitro groups is 1. The summed E-state index contributed by atoms with van der Waals surface area (Å²) < 4.78 is 0. The molecule has 0 bridgehead atoms. The molecular weight excluding hydrogens is 186 g/mol. The molecule has 0 amide bonds. The van der Waals surface area contributed by atoms with Crippen LogP contribution in [0, 0.1) is 22.0 Å². The number of carboxylic acid groups (broad SMARTS) is 1. The number of hydrogen-bond donors (Lipinski definition) is 1. The Hall–Kier alpha value is -1.13. The third kappa shape index (κ3) is 22.4. The molecule has 0 rings (SSSR count). The van der Waals surface area contributed by atoms with Crippen molar-refractivity contribution in [2.24, 2.45) is 11.8 Å². The van der Waals surface area contributed by atoms with Gasteiger partial charge in [0.05, 0.1) is 0 Å². The van der Waals surface area contributed by atoms with E-state index in [0.717, 1.165) is 13.5 Å². The van der Waals surface area contributed by atoms with Crippen LogP contribution in [0.1, 0.15) is 33.6 Å². The lowest BCUT2D eigenvalue weighted by Gasteiger charge is -2.10. The van der Waals surface area contributed by atoms with Gasteiger partial charge in [-0.05, 0) is 18.3 Å². The molecular formula is C9H19NO4. The highest BCUT2D eigenvalue weighted by atomic mass is 16.6. The molecule has 0 heterocycles. The Morgan fingerprint density at radius 2 is 1.79 bits per heavy atom. The van der Waals surface area contributed by atoms with Crippen molar-refractivity contribution in [3.05, 3.63) is 10.1 Å². The topological polar surface area (TPSA) is 80.4 Å². The fourth-order valence-electron chi connectivity index (χ4n) is 1.19. The van der Waals surface area contributed by atoms with Gasteiger partial charge in [0.25, 0.3) is 0 Å². The van der Waals surface area contributed by atoms with Crippen LogP contribution in [0.5, 0.6) is 0 Å². The van der Waals surface area contributed by atoms with E-state index in [1.54, 1.807) is 0 Å². The first kappa shape index (κ1) is 15.3. The third-order valence-corrected chi connectivity index (χ3v) is 1.40. The van der Waals surface area contributed by atoms with Crippen LogP contribution in [0.25, 0.3) is 0 Å². The molecule has 0 aliphatic rings. The molecule has 0 spiro atoms. The fraction of sp³-hybridized carbons (Fsp3) is 0.889. The van der Waals surface area contributed by atoms with Gasteiger partial charge < -0.3 is 5.11 Å². The van der Waals surface area contributed by atoms with Crippen LogP contribution in [0.3, 0.4) is 0 Å². The summed E-state index contributed by atoms with van der Waals surface area (Å²) in [4.78, 5) is 18.5. The van der Waals surface area contributed by atoms with Crippen LogP contribution in [-0.2, 0) is 4.79 Å². The molecule has 0 aromatic carbocycles. The summed E-state index contributed by atoms with van der Waals surface area (Å²) in [6.45, 7) is 6.20. The van der Waals surface area contributed by atoms with E-state index in [0.29, 0.717) is 18.3 Å². The summed E-state index contributed by atoms with van der Waals surface area (Å²) in [5.74, 6) is 0.236. The molecule has 5 heteroatoms. The molecule has 0 saturated carbocycles. The van der Waals surface area contributed by atoms with E-state index in [1.807, 2.05) is 6.92 Å². The zero-order valence-electron chi connectivity index (χ0n) is 9.19. The van der Waals surface area contributed by atoms with Crippen LogP contribution in [0.4, 0.5) is 0 Å². The quantitative estimate of drug-likeness (QED) is 0.562. The van der Waals surface area contributed by atoms with Crippen molar-refractivity contribution in [1.82, 2.24) is 0 Å². The van der Waals surface area contributed by atoms with E-state index in [4.69, 9.17) is 15.2 Å². The molecule has 1 unspecified atom stereocenters. The number of rotatable bonds is 4. The third-order valence-electron chi connectivity index (χ3n) is 1.40. The Balaban J connectivity index is 0. The summed E-state index contributed by atoms with van der Waals surface area (Å²) in [7, 11) is 0.889. The van der Waals surface area contributed by atoms with Gasteiger partial charge in [-0.3, -0.25) is 14.9 Å². The van der Waals surface area contributed by atoms with Crippen molar-refractivity contribution < 1.29 is 14.8 Å². The Morgan fingerprint density at radius 3 is 2.00 bits per heavy atom. The minimum absolute atomic E-state index is 0.304. The van der Waals surface area contributed by atoms with Crippen LogP contribution in [0.15, 0.2) is 0 Å². The largest absolute Gasteiger partial charge is 0.481 e. The van der Waals surface area contributed by atoms with Gasteiger partial charge in [-0.25, -0.2) is 0 Å². The van der Waals surface area contributed by atoms with Crippen LogP contribution < -0.4 is 0 Å². The predicted molar refractivity (Wildman–Crippen MR) is 53.8 cm³/mol. The van der Waals surface area contributed by atoms with Crippen molar-refractivity contribution in [2.75, 3.05) is 7.05 Å². The molecule has 1 N–H and O–H groups in total. The summed E-state index contributed by atoms with van der Waals surface area (Å²) in [6, 6.07) is 0. The van der Waals surface area contributed by atoms with Crippen LogP contribution >= 0.6 is 0 Å². The first-order chi connectivity index (χ1) is 6.25. The summed E-state index contributed by atoms with van der Waals surface area (Å²) >= 11 is 0. The number of nitrogens with zero attached hydrogens (tertiary/aromatic N) is 1. The van der Waals surface area contributed by atoms with Gasteiger partial charge in [-0.2, -0.15) is 0 Å². The molecule has 0 aromatic rings. The SMILES string of the molecule is CC(C)CC(C)CC(=O)O.C[N+](=O)[O-]. The van der Waals surface area contributed by atoms with Gasteiger partial charge >= 0.3 is 5.97 Å². The first-order valence-corrected chi connectivity index (χ1v) is 4.55. The predicted octanol–water partition coefficient (Wildman–Crippen LogP) is 2.04. The molecule has 0 aliphatic carbocycles. The highest BCUT2D eigenvalue weighted by molar-refractivity contribution is 5.66. The van der Waals surface area contributed by atoms with Gasteiger partial charge in [0.1, 0.15) is 0 Å². The molecule has 84 valence electrons. The standard InChI is InChI=1S/C8H16O2.CH3NO2/c1-6(2)4-7(3)5-8(9)10;1-2(3)4/h6-7H,4-5H2,1-3H3,(H,9,10);1H3. The monoisotopic (exact) mass is 205 g/mol. The summed E-state index contributed by atoms with van der Waals surface area (Å²) in [5.41, 5.74) is 0. The van der Waals surface area contributed by atoms with Crippen molar-refractivity contribution >= 4 is 5.97 Å². The number of aliphatic carboxylic acids is 1. The maximum Gasteiger partial charge on any atom is 0.303 e. The van der Waals surface area contributed by atoms with Crippen molar-refractivity contribution in [2.45, 2.75) is 33.6 Å². The maximum atomic E-state index is 10.2. The highest BCUT2D eigenvalue weighted by Gasteiger charge is 2.08. The van der Waals surface area contributed by atoms with Gasteiger partial charge in [0, 0.05) is 11.3 Å². The maximum absolute atomic E-state index is 10.2. The Kier molecular flexibility index (Phi) is 9.28. The lowest BCUT2D eigenvalue weighted by molar-refractivity contribution is -0.445. The van der Waals surface area contributed by atoms with E-state index in [2.05, 4.69) is 13.8 Å². The molecule has 0 aliphatic heterocycles. The van der Waals surface area contributed by atoms with Crippen molar-refractivity contribution in [1.29, 1.82) is 0 Å². The fourth-order valence-corrected chi connectivity index (χ4v) is 1.19. The van der Waals surface area contributed by atoms with Crippen molar-refractivity contribution in [3.8, 4) is 0 Å². The smallest absolute Gasteiger partial charge is 0.303 e. The zero-order chi connectivity index (χ0) is 11.7. The van der Waals surface area contributed by atoms with E-state index in [9.17, 15) is 4.79 Å². The molecule has 1 atom stereocenters. The van der Waals surface area contributed by atoms with Gasteiger partial charge in [0.15, 0.2) is 7.05 Å². The Labute approximate surface area is 84.3 Å². The lowest BCUT2D eigenvalue weighted by Crippen LogP contribution is -2.06. The molecule has 0 saturated heterocycles. The van der Waals surface area contributed by atoms with Crippen LogP contribution in [-0.4, -0.2) is 23.0 Å². The summed E-state index contributed by atoms with van der Waals surface area (Å²) in [5, 5.41) is 17.2. The second-order valence-corrected chi connectivity index (χ2v) is 3.77. The van der Waals surface area contributed by atoms with Gasteiger partial charge in [-0.1, -0.05) is 20.8 Å². The molecule has 5 nitrogen and oxygen atoms in total. The molecule has 0 aromatic heterocycles. The minimum Gasteiger partial charge on any atom is -0.481 e. The normalized spacial score (nSPS) is 11.5. The van der Waals surface area contributed by atoms with E-state index < -0.39 is 10.9 Å². The number of carbonyl (C=O) groups is 1. The van der Waals surface area contributed by atoms with Crippen LogP contribution in [0.2, 0.25) is 0 Å². The number of hydrogen-bond acceptors (Lipinski definition) is 3.